The molecule has 8 heteroatoms. The van der Waals surface area contributed by atoms with Gasteiger partial charge in [-0.15, -0.1) is 0 Å². The van der Waals surface area contributed by atoms with E-state index in [0.717, 1.165) is 4.68 Å². The molecule has 0 aliphatic rings. The maximum Gasteiger partial charge on any atom is 0.408 e. The van der Waals surface area contributed by atoms with Crippen molar-refractivity contribution >= 4 is 5.97 Å². The Morgan fingerprint density at radius 1 is 1.25 bits per heavy atom. The molecule has 2 rings (SSSR count). The van der Waals surface area contributed by atoms with E-state index in [1.54, 1.807) is 6.07 Å². The monoisotopic (exact) mass is 285 g/mol. The minimum absolute atomic E-state index is 0.201. The Morgan fingerprint density at radius 2 is 2.00 bits per heavy atom. The molecule has 0 radical (unpaired) electrons. The molecule has 2 heterocycles. The molecule has 0 saturated heterocycles. The average Bonchev–Trinajstić information content (AvgIpc) is 2.75. The standard InChI is InChI=1S/C12H10F3N3O2/c13-12(14,15)7-18-6-9(5-17-18)8-1-2-10(16-4-8)3-11(19)20/h1-2,4-6H,3,7H2,(H,19,20). The van der Waals surface area contributed by atoms with Crippen LogP contribution < -0.4 is 0 Å². The van der Waals surface area contributed by atoms with E-state index in [2.05, 4.69) is 10.1 Å². The molecule has 0 bridgehead atoms. The van der Waals surface area contributed by atoms with Crippen molar-refractivity contribution in [3.8, 4) is 11.1 Å². The zero-order valence-corrected chi connectivity index (χ0v) is 10.1. The number of nitrogens with zero attached hydrogens (tertiary/aromatic N) is 3. The van der Waals surface area contributed by atoms with Gasteiger partial charge in [-0.2, -0.15) is 18.3 Å². The zero-order valence-electron chi connectivity index (χ0n) is 10.1. The maximum atomic E-state index is 12.2. The minimum atomic E-state index is -4.33. The lowest BCUT2D eigenvalue weighted by atomic mass is 10.1. The number of pyridine rings is 1. The predicted molar refractivity (Wildman–Crippen MR) is 62.9 cm³/mol. The Morgan fingerprint density at radius 3 is 2.55 bits per heavy atom. The molecular weight excluding hydrogens is 275 g/mol. The molecule has 20 heavy (non-hydrogen) atoms. The first kappa shape index (κ1) is 14.0. The number of carboxylic acids is 1. The van der Waals surface area contributed by atoms with Crippen molar-refractivity contribution in [3.05, 3.63) is 36.4 Å². The number of hydrogen-bond donors (Lipinski definition) is 1. The van der Waals surface area contributed by atoms with Crippen LogP contribution in [0.3, 0.4) is 0 Å². The molecule has 5 nitrogen and oxygen atoms in total. The molecule has 0 aliphatic heterocycles. The second-order valence-corrected chi connectivity index (χ2v) is 4.15. The fraction of sp³-hybridized carbons (Fsp3) is 0.250. The van der Waals surface area contributed by atoms with Crippen molar-refractivity contribution in [1.29, 1.82) is 0 Å². The molecule has 0 aromatic carbocycles. The molecule has 106 valence electrons. The van der Waals surface area contributed by atoms with Gasteiger partial charge in [0.15, 0.2) is 0 Å². The van der Waals surface area contributed by atoms with E-state index in [1.165, 1.54) is 24.7 Å². The van der Waals surface area contributed by atoms with Gasteiger partial charge in [-0.25, -0.2) is 0 Å². The third-order valence-corrected chi connectivity index (χ3v) is 2.46. The molecule has 0 fully saturated rings. The van der Waals surface area contributed by atoms with E-state index >= 15 is 0 Å². The van der Waals surface area contributed by atoms with Crippen LogP contribution in [0.2, 0.25) is 0 Å². The van der Waals surface area contributed by atoms with Gasteiger partial charge in [0.2, 0.25) is 0 Å². The van der Waals surface area contributed by atoms with Gasteiger partial charge in [-0.3, -0.25) is 14.5 Å². The third kappa shape index (κ3) is 3.81. The highest BCUT2D eigenvalue weighted by Gasteiger charge is 2.28. The molecule has 0 spiro atoms. The number of halogens is 3. The number of rotatable bonds is 4. The van der Waals surface area contributed by atoms with Crippen molar-refractivity contribution in [2.75, 3.05) is 0 Å². The molecule has 0 saturated carbocycles. The van der Waals surface area contributed by atoms with E-state index in [-0.39, 0.29) is 6.42 Å². The predicted octanol–water partition coefficient (Wildman–Crippen LogP) is 2.13. The van der Waals surface area contributed by atoms with E-state index in [9.17, 15) is 18.0 Å². The number of carboxylic acid groups (broad SMARTS) is 1. The van der Waals surface area contributed by atoms with Crippen molar-refractivity contribution in [2.45, 2.75) is 19.1 Å². The normalized spacial score (nSPS) is 11.6. The van der Waals surface area contributed by atoms with Crippen LogP contribution in [-0.4, -0.2) is 32.0 Å². The lowest BCUT2D eigenvalue weighted by Gasteiger charge is -2.05. The first-order chi connectivity index (χ1) is 9.33. The number of aromatic nitrogens is 3. The van der Waals surface area contributed by atoms with Crippen LogP contribution in [0.5, 0.6) is 0 Å². The Hall–Kier alpha value is -2.38. The molecule has 0 unspecified atom stereocenters. The zero-order chi connectivity index (χ0) is 14.8. The van der Waals surface area contributed by atoms with E-state index in [0.29, 0.717) is 16.8 Å². The number of alkyl halides is 3. The first-order valence-corrected chi connectivity index (χ1v) is 5.60. The largest absolute Gasteiger partial charge is 0.481 e. The summed E-state index contributed by atoms with van der Waals surface area (Å²) in [5.74, 6) is -0.997. The van der Waals surface area contributed by atoms with E-state index in [1.807, 2.05) is 0 Å². The lowest BCUT2D eigenvalue weighted by molar-refractivity contribution is -0.142. The van der Waals surface area contributed by atoms with Gasteiger partial charge in [0.05, 0.1) is 18.3 Å². The quantitative estimate of drug-likeness (QED) is 0.934. The van der Waals surface area contributed by atoms with Gasteiger partial charge < -0.3 is 5.11 Å². The second kappa shape index (κ2) is 5.32. The van der Waals surface area contributed by atoms with E-state index < -0.39 is 18.7 Å². The minimum Gasteiger partial charge on any atom is -0.481 e. The number of hydrogen-bond acceptors (Lipinski definition) is 3. The van der Waals surface area contributed by atoms with Gasteiger partial charge in [0.1, 0.15) is 6.54 Å². The smallest absolute Gasteiger partial charge is 0.408 e. The molecular formula is C12H10F3N3O2. The highest BCUT2D eigenvalue weighted by Crippen LogP contribution is 2.21. The fourth-order valence-corrected chi connectivity index (χ4v) is 1.64. The third-order valence-electron chi connectivity index (χ3n) is 2.46. The maximum absolute atomic E-state index is 12.2. The highest BCUT2D eigenvalue weighted by atomic mass is 19.4. The average molecular weight is 285 g/mol. The summed E-state index contributed by atoms with van der Waals surface area (Å²) in [6, 6.07) is 3.12. The summed E-state index contributed by atoms with van der Waals surface area (Å²) in [6.45, 7) is -1.16. The topological polar surface area (TPSA) is 68.0 Å². The fourth-order valence-electron chi connectivity index (χ4n) is 1.64. The molecule has 0 atom stereocenters. The second-order valence-electron chi connectivity index (χ2n) is 4.15. The summed E-state index contributed by atoms with van der Waals surface area (Å²) in [6.07, 6.45) is -0.547. The Kier molecular flexibility index (Phi) is 3.73. The van der Waals surface area contributed by atoms with Crippen LogP contribution >= 0.6 is 0 Å². The van der Waals surface area contributed by atoms with Crippen molar-refractivity contribution in [1.82, 2.24) is 14.8 Å². The van der Waals surface area contributed by atoms with Gasteiger partial charge in [0, 0.05) is 23.5 Å². The van der Waals surface area contributed by atoms with Gasteiger partial charge in [-0.05, 0) is 6.07 Å². The Labute approximate surface area is 111 Å². The number of carbonyl (C=O) groups is 1. The van der Waals surface area contributed by atoms with Crippen LogP contribution in [0.4, 0.5) is 13.2 Å². The van der Waals surface area contributed by atoms with Crippen molar-refractivity contribution < 1.29 is 23.1 Å². The molecule has 0 aliphatic carbocycles. The Balaban J connectivity index is 2.14. The Bertz CT molecular complexity index is 605. The van der Waals surface area contributed by atoms with Gasteiger partial charge in [-0.1, -0.05) is 6.07 Å². The van der Waals surface area contributed by atoms with Crippen LogP contribution in [0, 0.1) is 0 Å². The number of aliphatic carboxylic acids is 1. The molecule has 2 aromatic heterocycles. The van der Waals surface area contributed by atoms with Crippen LogP contribution in [0.25, 0.3) is 11.1 Å². The van der Waals surface area contributed by atoms with Crippen LogP contribution in [0.15, 0.2) is 30.7 Å². The summed E-state index contributed by atoms with van der Waals surface area (Å²) in [4.78, 5) is 14.4. The van der Waals surface area contributed by atoms with Gasteiger partial charge in [0.25, 0.3) is 0 Å². The van der Waals surface area contributed by atoms with Crippen LogP contribution in [-0.2, 0) is 17.8 Å². The van der Waals surface area contributed by atoms with Gasteiger partial charge >= 0.3 is 12.1 Å². The van der Waals surface area contributed by atoms with Crippen molar-refractivity contribution in [3.63, 3.8) is 0 Å². The summed E-state index contributed by atoms with van der Waals surface area (Å²) in [5.41, 5.74) is 1.44. The lowest BCUT2D eigenvalue weighted by Crippen LogP contribution is -2.17. The molecule has 1 N–H and O–H groups in total. The SMILES string of the molecule is O=C(O)Cc1ccc(-c2cnn(CC(F)(F)F)c2)cn1. The summed E-state index contributed by atoms with van der Waals surface area (Å²) >= 11 is 0. The summed E-state index contributed by atoms with van der Waals surface area (Å²) in [5, 5.41) is 12.2. The summed E-state index contributed by atoms with van der Waals surface area (Å²) in [7, 11) is 0. The highest BCUT2D eigenvalue weighted by molar-refractivity contribution is 5.70. The first-order valence-electron chi connectivity index (χ1n) is 5.60. The van der Waals surface area contributed by atoms with E-state index in [4.69, 9.17) is 5.11 Å². The summed E-state index contributed by atoms with van der Waals surface area (Å²) < 4.78 is 37.4. The molecule has 2 aromatic rings. The van der Waals surface area contributed by atoms with Crippen molar-refractivity contribution in [2.24, 2.45) is 0 Å². The molecule has 0 amide bonds. The van der Waals surface area contributed by atoms with Crippen LogP contribution in [0.1, 0.15) is 5.69 Å².